The molecule has 24 heavy (non-hydrogen) atoms. The van der Waals surface area contributed by atoms with Crippen molar-refractivity contribution in [1.82, 2.24) is 0 Å². The Morgan fingerprint density at radius 1 is 0.833 bits per heavy atom. The Morgan fingerprint density at radius 2 is 1.17 bits per heavy atom. The Balaban J connectivity index is 5.59. The van der Waals surface area contributed by atoms with E-state index in [1.165, 1.54) is 35.4 Å². The summed E-state index contributed by atoms with van der Waals surface area (Å²) in [5.41, 5.74) is -1.42. The van der Waals surface area contributed by atoms with Crippen LogP contribution >= 0.6 is 15.2 Å². The van der Waals surface area contributed by atoms with Gasteiger partial charge in [-0.2, -0.15) is 0 Å². The zero-order valence-electron chi connectivity index (χ0n) is 15.2. The highest BCUT2D eigenvalue weighted by Gasteiger charge is 2.45. The van der Waals surface area contributed by atoms with Gasteiger partial charge in [-0.15, -0.1) is 0 Å². The zero-order valence-corrected chi connectivity index (χ0v) is 17.0. The summed E-state index contributed by atoms with van der Waals surface area (Å²) in [7, 11) is -1.80. The molecule has 0 aliphatic rings. The highest BCUT2D eigenvalue weighted by Crippen LogP contribution is 2.52. The molecule has 8 nitrogen and oxygen atoms in total. The van der Waals surface area contributed by atoms with Gasteiger partial charge in [-0.25, -0.2) is 0 Å². The van der Waals surface area contributed by atoms with E-state index < -0.39 is 20.6 Å². The first-order valence-electron chi connectivity index (χ1n) is 7.54. The number of hydrogen-bond donors (Lipinski definition) is 0. The van der Waals surface area contributed by atoms with Crippen LogP contribution in [0.25, 0.3) is 0 Å². The van der Waals surface area contributed by atoms with Gasteiger partial charge >= 0.3 is 15.2 Å². The van der Waals surface area contributed by atoms with Crippen molar-refractivity contribution < 1.29 is 36.8 Å². The molecule has 0 fully saturated rings. The molecule has 0 spiro atoms. The maximum absolute atomic E-state index is 12.5. The minimum absolute atomic E-state index is 0.0264. The molecular weight excluding hydrogens is 358 g/mol. The van der Waals surface area contributed by atoms with Crippen LogP contribution in [0.2, 0.25) is 0 Å². The van der Waals surface area contributed by atoms with Crippen LogP contribution in [-0.4, -0.2) is 52.3 Å². The molecule has 0 saturated heterocycles. The predicted molar refractivity (Wildman–Crippen MR) is 90.6 cm³/mol. The van der Waals surface area contributed by atoms with Crippen LogP contribution in [0.3, 0.4) is 0 Å². The van der Waals surface area contributed by atoms with Crippen LogP contribution < -0.4 is 0 Å². The highest BCUT2D eigenvalue weighted by molar-refractivity contribution is 7.54. The second kappa shape index (κ2) is 9.95. The third kappa shape index (κ3) is 5.87. The Labute approximate surface area is 143 Å². The molecule has 0 saturated carbocycles. The lowest BCUT2D eigenvalue weighted by Crippen LogP contribution is -2.39. The molecule has 0 aliphatic heterocycles. The third-order valence-corrected chi connectivity index (χ3v) is 8.03. The molecular formula is C14H28O8P2. The molecule has 0 aliphatic carbocycles. The Morgan fingerprint density at radius 3 is 1.38 bits per heavy atom. The molecule has 0 unspecified atom stereocenters. The monoisotopic (exact) mass is 386 g/mol. The molecule has 0 N–H and O–H groups in total. The molecule has 10 heteroatoms. The summed E-state index contributed by atoms with van der Waals surface area (Å²) < 4.78 is 44.0. The highest BCUT2D eigenvalue weighted by atomic mass is 31.2. The lowest BCUT2D eigenvalue weighted by atomic mass is 9.74. The van der Waals surface area contributed by atoms with E-state index in [0.717, 1.165) is 0 Å². The Kier molecular flexibility index (Phi) is 9.80. The molecule has 0 bridgehead atoms. The molecule has 0 amide bonds. The summed E-state index contributed by atoms with van der Waals surface area (Å²) >= 11 is 0. The van der Waals surface area contributed by atoms with Gasteiger partial charge in [0.05, 0.1) is 17.7 Å². The van der Waals surface area contributed by atoms with Crippen molar-refractivity contribution in [3.05, 3.63) is 0 Å². The van der Waals surface area contributed by atoms with Gasteiger partial charge in [0.25, 0.3) is 0 Å². The molecule has 0 rings (SSSR count). The van der Waals surface area contributed by atoms with Crippen LogP contribution in [-0.2, 0) is 36.8 Å². The number of rotatable bonds is 13. The minimum atomic E-state index is -3.38. The van der Waals surface area contributed by atoms with Crippen molar-refractivity contribution in [2.45, 2.75) is 33.1 Å². The van der Waals surface area contributed by atoms with E-state index in [-0.39, 0.29) is 43.2 Å². The first kappa shape index (κ1) is 23.6. The van der Waals surface area contributed by atoms with Crippen molar-refractivity contribution in [3.63, 3.8) is 0 Å². The standard InChI is InChI=1S/C14H28O8P2/c1-7-13(16)14(12(2)15,8-10-23(17,19-3)20-4)9-11-24(18,21-5)22-6/h7-11H2,1-6H3. The topological polar surface area (TPSA) is 105 Å². The Bertz CT molecular complexity index is 485. The summed E-state index contributed by atoms with van der Waals surface area (Å²) in [6.45, 7) is 2.93. The van der Waals surface area contributed by atoms with E-state index >= 15 is 0 Å². The number of ketones is 2. The second-order valence-electron chi connectivity index (χ2n) is 5.31. The summed E-state index contributed by atoms with van der Waals surface area (Å²) in [6, 6.07) is 0. The lowest BCUT2D eigenvalue weighted by molar-refractivity contribution is -0.140. The lowest BCUT2D eigenvalue weighted by Gasteiger charge is -2.31. The maximum atomic E-state index is 12.5. The fourth-order valence-corrected chi connectivity index (χ4v) is 4.80. The van der Waals surface area contributed by atoms with Crippen LogP contribution in [0.4, 0.5) is 0 Å². The van der Waals surface area contributed by atoms with E-state index in [1.807, 2.05) is 0 Å². The molecule has 0 aromatic carbocycles. The van der Waals surface area contributed by atoms with E-state index in [9.17, 15) is 18.7 Å². The van der Waals surface area contributed by atoms with Crippen molar-refractivity contribution in [3.8, 4) is 0 Å². The van der Waals surface area contributed by atoms with Gasteiger partial charge in [0.15, 0.2) is 0 Å². The summed E-state index contributed by atoms with van der Waals surface area (Å²) in [5.74, 6) is -0.695. The summed E-state index contributed by atoms with van der Waals surface area (Å²) in [5, 5.41) is 0. The van der Waals surface area contributed by atoms with E-state index in [0.29, 0.717) is 0 Å². The fraction of sp³-hybridized carbons (Fsp3) is 0.857. The van der Waals surface area contributed by atoms with Gasteiger partial charge in [-0.1, -0.05) is 6.92 Å². The predicted octanol–water partition coefficient (Wildman–Crippen LogP) is 3.29. The second-order valence-corrected chi connectivity index (χ2v) is 10.1. The van der Waals surface area contributed by atoms with Gasteiger partial charge in [0, 0.05) is 34.9 Å². The van der Waals surface area contributed by atoms with Crippen LogP contribution in [0.15, 0.2) is 0 Å². The van der Waals surface area contributed by atoms with Crippen molar-refractivity contribution in [1.29, 1.82) is 0 Å². The van der Waals surface area contributed by atoms with Gasteiger partial charge < -0.3 is 18.1 Å². The summed E-state index contributed by atoms with van der Waals surface area (Å²) in [6.07, 6.45) is -0.137. The Hall–Kier alpha value is -0.360. The largest absolute Gasteiger partial charge is 0.330 e. The maximum Gasteiger partial charge on any atom is 0.330 e. The average Bonchev–Trinajstić information content (AvgIpc) is 2.60. The normalized spacial score (nSPS) is 13.1. The van der Waals surface area contributed by atoms with E-state index in [2.05, 4.69) is 0 Å². The van der Waals surface area contributed by atoms with Gasteiger partial charge in [0.1, 0.15) is 11.6 Å². The molecule has 142 valence electrons. The number of carbonyl (C=O) groups is 2. The average molecular weight is 386 g/mol. The van der Waals surface area contributed by atoms with Crippen molar-refractivity contribution in [2.24, 2.45) is 5.41 Å². The fourth-order valence-electron chi connectivity index (χ4n) is 2.46. The van der Waals surface area contributed by atoms with Crippen LogP contribution in [0.5, 0.6) is 0 Å². The third-order valence-electron chi connectivity index (χ3n) is 4.27. The van der Waals surface area contributed by atoms with E-state index in [1.54, 1.807) is 6.92 Å². The number of carbonyl (C=O) groups excluding carboxylic acids is 2. The van der Waals surface area contributed by atoms with Gasteiger partial charge in [0.2, 0.25) is 0 Å². The molecule has 0 aromatic rings. The molecule has 0 heterocycles. The van der Waals surface area contributed by atoms with Gasteiger partial charge in [-0.05, 0) is 19.8 Å². The molecule has 0 radical (unpaired) electrons. The van der Waals surface area contributed by atoms with Crippen molar-refractivity contribution >= 4 is 26.8 Å². The van der Waals surface area contributed by atoms with Crippen molar-refractivity contribution in [2.75, 3.05) is 40.8 Å². The van der Waals surface area contributed by atoms with Gasteiger partial charge in [-0.3, -0.25) is 18.7 Å². The smallest absolute Gasteiger partial charge is 0.312 e. The summed E-state index contributed by atoms with van der Waals surface area (Å²) in [4.78, 5) is 24.8. The first-order valence-corrected chi connectivity index (χ1v) is 11.0. The number of hydrogen-bond acceptors (Lipinski definition) is 8. The first-order chi connectivity index (χ1) is 11.1. The van der Waals surface area contributed by atoms with Crippen LogP contribution in [0.1, 0.15) is 33.1 Å². The molecule has 0 atom stereocenters. The minimum Gasteiger partial charge on any atom is -0.312 e. The quantitative estimate of drug-likeness (QED) is 0.351. The number of Topliss-reactive ketones (excluding diaryl/α,β-unsaturated/α-hetero) is 2. The van der Waals surface area contributed by atoms with E-state index in [4.69, 9.17) is 18.1 Å². The molecule has 0 aromatic heterocycles. The van der Waals surface area contributed by atoms with Crippen LogP contribution in [0, 0.1) is 5.41 Å². The zero-order chi connectivity index (χ0) is 19.0. The SMILES string of the molecule is CCC(=O)C(CCP(=O)(OC)OC)(CCP(=O)(OC)OC)C(C)=O.